The summed E-state index contributed by atoms with van der Waals surface area (Å²) in [6.45, 7) is 2.49. The third-order valence-electron chi connectivity index (χ3n) is 2.54. The molecule has 2 rings (SSSR count). The van der Waals surface area contributed by atoms with Crippen LogP contribution in [0.3, 0.4) is 0 Å². The molecule has 0 spiro atoms. The van der Waals surface area contributed by atoms with Gasteiger partial charge in [0.25, 0.3) is 0 Å². The summed E-state index contributed by atoms with van der Waals surface area (Å²) in [7, 11) is 0. The molecule has 2 aromatic rings. The number of aryl methyl sites for hydroxylation is 1. The van der Waals surface area contributed by atoms with Crippen LogP contribution in [0.2, 0.25) is 5.02 Å². The van der Waals surface area contributed by atoms with E-state index in [1.165, 1.54) is 0 Å². The third kappa shape index (κ3) is 2.23. The standard InChI is InChI=1S/C13H13ClN2/c1-9-2-3-11(5-13(9)14)12-4-10(6-15)7-16-8-12/h2-5,7-8H,6,15H2,1H3. The fraction of sp³-hybridized carbons (Fsp3) is 0.154. The predicted octanol–water partition coefficient (Wildman–Crippen LogP) is 3.17. The van der Waals surface area contributed by atoms with E-state index in [9.17, 15) is 0 Å². The minimum Gasteiger partial charge on any atom is -0.326 e. The summed E-state index contributed by atoms with van der Waals surface area (Å²) in [4.78, 5) is 4.16. The number of rotatable bonds is 2. The van der Waals surface area contributed by atoms with Crippen molar-refractivity contribution < 1.29 is 0 Å². The fourth-order valence-electron chi connectivity index (χ4n) is 1.53. The molecule has 0 bridgehead atoms. The molecule has 2 N–H and O–H groups in total. The number of aromatic nitrogens is 1. The van der Waals surface area contributed by atoms with Crippen molar-refractivity contribution in [3.05, 3.63) is 52.8 Å². The van der Waals surface area contributed by atoms with Crippen molar-refractivity contribution in [2.45, 2.75) is 13.5 Å². The molecule has 1 aromatic carbocycles. The highest BCUT2D eigenvalue weighted by molar-refractivity contribution is 6.31. The molecular formula is C13H13ClN2. The van der Waals surface area contributed by atoms with Crippen LogP contribution in [0.4, 0.5) is 0 Å². The van der Waals surface area contributed by atoms with Crippen LogP contribution < -0.4 is 5.73 Å². The highest BCUT2D eigenvalue weighted by atomic mass is 35.5. The lowest BCUT2D eigenvalue weighted by Gasteiger charge is -2.05. The minimum atomic E-state index is 0.500. The molecule has 0 radical (unpaired) electrons. The maximum atomic E-state index is 6.09. The first-order valence-electron chi connectivity index (χ1n) is 5.11. The van der Waals surface area contributed by atoms with E-state index >= 15 is 0 Å². The van der Waals surface area contributed by atoms with Crippen LogP contribution in [0.25, 0.3) is 11.1 Å². The monoisotopic (exact) mass is 232 g/mol. The second-order valence-corrected chi connectivity index (χ2v) is 4.16. The largest absolute Gasteiger partial charge is 0.326 e. The molecule has 3 heteroatoms. The van der Waals surface area contributed by atoms with E-state index in [4.69, 9.17) is 17.3 Å². The highest BCUT2D eigenvalue weighted by Crippen LogP contribution is 2.25. The van der Waals surface area contributed by atoms with Crippen LogP contribution >= 0.6 is 11.6 Å². The Hall–Kier alpha value is -1.38. The summed E-state index contributed by atoms with van der Waals surface area (Å²) in [5.74, 6) is 0. The van der Waals surface area contributed by atoms with Gasteiger partial charge in [-0.2, -0.15) is 0 Å². The molecule has 1 heterocycles. The Morgan fingerprint density at radius 2 is 2.00 bits per heavy atom. The summed E-state index contributed by atoms with van der Waals surface area (Å²) in [6.07, 6.45) is 3.60. The van der Waals surface area contributed by atoms with Gasteiger partial charge in [0.05, 0.1) is 0 Å². The van der Waals surface area contributed by atoms with Gasteiger partial charge in [0, 0.05) is 29.5 Å². The topological polar surface area (TPSA) is 38.9 Å². The van der Waals surface area contributed by atoms with Crippen molar-refractivity contribution >= 4 is 11.6 Å². The van der Waals surface area contributed by atoms with Crippen LogP contribution in [0.5, 0.6) is 0 Å². The SMILES string of the molecule is Cc1ccc(-c2cncc(CN)c2)cc1Cl. The summed E-state index contributed by atoms with van der Waals surface area (Å²) >= 11 is 6.09. The van der Waals surface area contributed by atoms with Gasteiger partial charge in [-0.15, -0.1) is 0 Å². The van der Waals surface area contributed by atoms with Gasteiger partial charge in [-0.05, 0) is 35.7 Å². The Morgan fingerprint density at radius 3 is 2.69 bits per heavy atom. The molecule has 0 saturated carbocycles. The highest BCUT2D eigenvalue weighted by Gasteiger charge is 2.02. The van der Waals surface area contributed by atoms with Crippen LogP contribution in [0.1, 0.15) is 11.1 Å². The van der Waals surface area contributed by atoms with Gasteiger partial charge in [0.2, 0.25) is 0 Å². The molecule has 0 saturated heterocycles. The van der Waals surface area contributed by atoms with Crippen molar-refractivity contribution in [1.29, 1.82) is 0 Å². The molecule has 16 heavy (non-hydrogen) atoms. The molecule has 0 fully saturated rings. The Bertz CT molecular complexity index is 509. The number of hydrogen-bond donors (Lipinski definition) is 1. The summed E-state index contributed by atoms with van der Waals surface area (Å²) in [5, 5.41) is 0.774. The first kappa shape index (κ1) is 11.1. The van der Waals surface area contributed by atoms with Gasteiger partial charge in [-0.25, -0.2) is 0 Å². The fourth-order valence-corrected chi connectivity index (χ4v) is 1.71. The predicted molar refractivity (Wildman–Crippen MR) is 67.3 cm³/mol. The Balaban J connectivity index is 2.46. The van der Waals surface area contributed by atoms with E-state index < -0.39 is 0 Å². The van der Waals surface area contributed by atoms with Gasteiger partial charge in [0.15, 0.2) is 0 Å². The molecule has 0 aliphatic heterocycles. The quantitative estimate of drug-likeness (QED) is 0.864. The Labute approximate surface area is 100 Å². The molecule has 0 aliphatic rings. The van der Waals surface area contributed by atoms with E-state index in [2.05, 4.69) is 4.98 Å². The average molecular weight is 233 g/mol. The van der Waals surface area contributed by atoms with Gasteiger partial charge in [-0.1, -0.05) is 23.7 Å². The third-order valence-corrected chi connectivity index (χ3v) is 2.94. The number of nitrogens with two attached hydrogens (primary N) is 1. The van der Waals surface area contributed by atoms with Crippen molar-refractivity contribution in [3.8, 4) is 11.1 Å². The maximum absolute atomic E-state index is 6.09. The number of halogens is 1. The zero-order chi connectivity index (χ0) is 11.5. The molecule has 0 aliphatic carbocycles. The van der Waals surface area contributed by atoms with E-state index in [1.807, 2.05) is 37.4 Å². The lowest BCUT2D eigenvalue weighted by Crippen LogP contribution is -1.97. The first-order valence-corrected chi connectivity index (χ1v) is 5.49. The molecule has 2 nitrogen and oxygen atoms in total. The molecule has 1 aromatic heterocycles. The van der Waals surface area contributed by atoms with Gasteiger partial charge in [0.1, 0.15) is 0 Å². The smallest absolute Gasteiger partial charge is 0.0441 e. The van der Waals surface area contributed by atoms with Crippen molar-refractivity contribution in [2.24, 2.45) is 5.73 Å². The van der Waals surface area contributed by atoms with Crippen LogP contribution in [-0.2, 0) is 6.54 Å². The van der Waals surface area contributed by atoms with Gasteiger partial charge < -0.3 is 5.73 Å². The second kappa shape index (κ2) is 4.64. The van der Waals surface area contributed by atoms with E-state index in [0.717, 1.165) is 27.3 Å². The number of pyridine rings is 1. The van der Waals surface area contributed by atoms with Crippen molar-refractivity contribution in [3.63, 3.8) is 0 Å². The number of hydrogen-bond acceptors (Lipinski definition) is 2. The van der Waals surface area contributed by atoms with Crippen LogP contribution in [0.15, 0.2) is 36.7 Å². The average Bonchev–Trinajstić information content (AvgIpc) is 2.33. The van der Waals surface area contributed by atoms with E-state index in [-0.39, 0.29) is 0 Å². The Morgan fingerprint density at radius 1 is 1.19 bits per heavy atom. The van der Waals surface area contributed by atoms with Crippen LogP contribution in [-0.4, -0.2) is 4.98 Å². The van der Waals surface area contributed by atoms with Gasteiger partial charge >= 0.3 is 0 Å². The van der Waals surface area contributed by atoms with Crippen LogP contribution in [0, 0.1) is 6.92 Å². The lowest BCUT2D eigenvalue weighted by atomic mass is 10.0. The minimum absolute atomic E-state index is 0.500. The van der Waals surface area contributed by atoms with E-state index in [1.54, 1.807) is 6.20 Å². The van der Waals surface area contributed by atoms with Gasteiger partial charge in [-0.3, -0.25) is 4.98 Å². The number of benzene rings is 1. The molecule has 0 amide bonds. The molecule has 0 unspecified atom stereocenters. The number of nitrogens with zero attached hydrogens (tertiary/aromatic N) is 1. The second-order valence-electron chi connectivity index (χ2n) is 3.75. The normalized spacial score (nSPS) is 10.4. The lowest BCUT2D eigenvalue weighted by molar-refractivity contribution is 1.05. The summed E-state index contributed by atoms with van der Waals surface area (Å²) in [5.41, 5.74) is 9.80. The van der Waals surface area contributed by atoms with E-state index in [0.29, 0.717) is 6.54 Å². The molecule has 82 valence electrons. The Kier molecular flexibility index (Phi) is 3.22. The summed E-state index contributed by atoms with van der Waals surface area (Å²) in [6, 6.07) is 8.04. The first-order chi connectivity index (χ1) is 7.70. The van der Waals surface area contributed by atoms with Crippen molar-refractivity contribution in [1.82, 2.24) is 4.98 Å². The molecular weight excluding hydrogens is 220 g/mol. The maximum Gasteiger partial charge on any atom is 0.0441 e. The van der Waals surface area contributed by atoms with Crippen molar-refractivity contribution in [2.75, 3.05) is 0 Å². The summed E-state index contributed by atoms with van der Waals surface area (Å²) < 4.78 is 0. The zero-order valence-corrected chi connectivity index (χ0v) is 9.83. The molecule has 0 atom stereocenters. The zero-order valence-electron chi connectivity index (χ0n) is 9.07.